The van der Waals surface area contributed by atoms with E-state index in [1.165, 1.54) is 31.4 Å². The Bertz CT molecular complexity index is 396. The summed E-state index contributed by atoms with van der Waals surface area (Å²) < 4.78 is 2.05. The van der Waals surface area contributed by atoms with Crippen molar-refractivity contribution in [3.8, 4) is 0 Å². The van der Waals surface area contributed by atoms with E-state index in [0.717, 1.165) is 25.0 Å². The molecule has 1 aromatic rings. The van der Waals surface area contributed by atoms with Crippen LogP contribution in [0.1, 0.15) is 37.8 Å². The molecule has 100 valence electrons. The van der Waals surface area contributed by atoms with Crippen molar-refractivity contribution in [2.45, 2.75) is 44.8 Å². The Balaban J connectivity index is 1.82. The summed E-state index contributed by atoms with van der Waals surface area (Å²) in [4.78, 5) is 2.72. The summed E-state index contributed by atoms with van der Waals surface area (Å²) in [5, 5.41) is 7.81. The Morgan fingerprint density at radius 2 is 2.22 bits per heavy atom. The summed E-state index contributed by atoms with van der Waals surface area (Å²) in [6.45, 7) is 5.49. The first-order chi connectivity index (χ1) is 8.83. The molecule has 2 unspecified atom stereocenters. The molecule has 0 radical (unpaired) electrons. The van der Waals surface area contributed by atoms with Gasteiger partial charge in [-0.25, -0.2) is 0 Å². The van der Waals surface area contributed by atoms with Crippen LogP contribution >= 0.6 is 0 Å². The van der Waals surface area contributed by atoms with E-state index in [0.29, 0.717) is 6.04 Å². The topological polar surface area (TPSA) is 33.1 Å². The van der Waals surface area contributed by atoms with Crippen molar-refractivity contribution in [3.63, 3.8) is 0 Å². The van der Waals surface area contributed by atoms with Crippen LogP contribution in [0.3, 0.4) is 0 Å². The molecule has 2 heterocycles. The van der Waals surface area contributed by atoms with E-state index >= 15 is 0 Å². The first kappa shape index (κ1) is 12.2. The molecule has 1 aromatic heterocycles. The van der Waals surface area contributed by atoms with Gasteiger partial charge in [0, 0.05) is 30.4 Å². The molecule has 2 fully saturated rings. The minimum atomic E-state index is 0.588. The lowest BCUT2D eigenvalue weighted by Gasteiger charge is -2.27. The molecule has 0 aromatic carbocycles. The summed E-state index contributed by atoms with van der Waals surface area (Å²) in [5.41, 5.74) is 1.42. The number of nitrogens with zero attached hydrogens (tertiary/aromatic N) is 3. The van der Waals surface area contributed by atoms with Gasteiger partial charge in [-0.15, -0.1) is 0 Å². The van der Waals surface area contributed by atoms with Gasteiger partial charge in [0.05, 0.1) is 6.20 Å². The molecule has 0 spiro atoms. The van der Waals surface area contributed by atoms with Crippen LogP contribution in [0.15, 0.2) is 12.4 Å². The molecule has 0 bridgehead atoms. The summed E-state index contributed by atoms with van der Waals surface area (Å²) in [5.74, 6) is 0.741. The van der Waals surface area contributed by atoms with Gasteiger partial charge >= 0.3 is 0 Å². The Morgan fingerprint density at radius 1 is 1.39 bits per heavy atom. The number of nitrogens with one attached hydrogen (secondary N) is 1. The van der Waals surface area contributed by atoms with Crippen LogP contribution in [0.25, 0.3) is 0 Å². The third-order valence-corrected chi connectivity index (χ3v) is 4.36. The Morgan fingerprint density at radius 3 is 2.83 bits per heavy atom. The lowest BCUT2D eigenvalue weighted by atomic mass is 9.95. The third-order valence-electron chi connectivity index (χ3n) is 4.36. The molecule has 1 N–H and O–H groups in total. The van der Waals surface area contributed by atoms with E-state index in [4.69, 9.17) is 0 Å². The lowest BCUT2D eigenvalue weighted by molar-refractivity contribution is 0.217. The van der Waals surface area contributed by atoms with E-state index in [9.17, 15) is 0 Å². The van der Waals surface area contributed by atoms with Crippen molar-refractivity contribution in [2.75, 3.05) is 20.1 Å². The zero-order valence-corrected chi connectivity index (χ0v) is 11.5. The second kappa shape index (κ2) is 5.02. The Kier molecular flexibility index (Phi) is 3.39. The normalized spacial score (nSPS) is 29.0. The lowest BCUT2D eigenvalue weighted by Crippen LogP contribution is -2.30. The van der Waals surface area contributed by atoms with Gasteiger partial charge in [-0.3, -0.25) is 9.58 Å². The van der Waals surface area contributed by atoms with Crippen molar-refractivity contribution in [2.24, 2.45) is 5.92 Å². The molecule has 3 rings (SSSR count). The number of hydrogen-bond donors (Lipinski definition) is 1. The number of likely N-dealkylation sites (tertiary alicyclic amines) is 1. The SMILES string of the molecule is CCn1cc(C2C(CNC)CCN2C2CC2)cn1. The largest absolute Gasteiger partial charge is 0.319 e. The van der Waals surface area contributed by atoms with Gasteiger partial charge in [-0.05, 0) is 52.2 Å². The van der Waals surface area contributed by atoms with Crippen LogP contribution in [0.5, 0.6) is 0 Å². The Labute approximate surface area is 109 Å². The van der Waals surface area contributed by atoms with E-state index in [2.05, 4.69) is 46.4 Å². The molecular weight excluding hydrogens is 224 g/mol. The molecule has 2 aliphatic rings. The summed E-state index contributed by atoms with van der Waals surface area (Å²) in [6, 6.07) is 1.44. The van der Waals surface area contributed by atoms with Gasteiger partial charge in [-0.1, -0.05) is 0 Å². The van der Waals surface area contributed by atoms with E-state index in [-0.39, 0.29) is 0 Å². The van der Waals surface area contributed by atoms with Gasteiger partial charge in [0.1, 0.15) is 0 Å². The maximum absolute atomic E-state index is 4.46. The smallest absolute Gasteiger partial charge is 0.0537 e. The number of aromatic nitrogens is 2. The first-order valence-electron chi connectivity index (χ1n) is 7.26. The zero-order valence-electron chi connectivity index (χ0n) is 11.5. The van der Waals surface area contributed by atoms with Crippen LogP contribution in [-0.4, -0.2) is 40.9 Å². The van der Waals surface area contributed by atoms with Gasteiger partial charge in [0.2, 0.25) is 0 Å². The van der Waals surface area contributed by atoms with Crippen molar-refractivity contribution < 1.29 is 0 Å². The number of aryl methyl sites for hydroxylation is 1. The van der Waals surface area contributed by atoms with Gasteiger partial charge in [-0.2, -0.15) is 5.10 Å². The van der Waals surface area contributed by atoms with Crippen molar-refractivity contribution in [1.29, 1.82) is 0 Å². The monoisotopic (exact) mass is 248 g/mol. The van der Waals surface area contributed by atoms with Crippen molar-refractivity contribution in [3.05, 3.63) is 18.0 Å². The molecule has 2 atom stereocenters. The van der Waals surface area contributed by atoms with Crippen LogP contribution < -0.4 is 5.32 Å². The molecule has 1 aliphatic carbocycles. The summed E-state index contributed by atoms with van der Waals surface area (Å²) in [6.07, 6.45) is 8.43. The average Bonchev–Trinajstić information content (AvgIpc) is 2.98. The Hall–Kier alpha value is -0.870. The number of hydrogen-bond acceptors (Lipinski definition) is 3. The van der Waals surface area contributed by atoms with E-state index in [1.807, 2.05) is 0 Å². The summed E-state index contributed by atoms with van der Waals surface area (Å²) in [7, 11) is 2.06. The highest BCUT2D eigenvalue weighted by molar-refractivity contribution is 5.16. The summed E-state index contributed by atoms with van der Waals surface area (Å²) >= 11 is 0. The van der Waals surface area contributed by atoms with Crippen LogP contribution in [-0.2, 0) is 6.54 Å². The van der Waals surface area contributed by atoms with Gasteiger partial charge < -0.3 is 5.32 Å². The second-order valence-corrected chi connectivity index (χ2v) is 5.65. The fourth-order valence-electron chi connectivity index (χ4n) is 3.34. The predicted molar refractivity (Wildman–Crippen MR) is 72.4 cm³/mol. The quantitative estimate of drug-likeness (QED) is 0.860. The minimum absolute atomic E-state index is 0.588. The van der Waals surface area contributed by atoms with E-state index in [1.54, 1.807) is 0 Å². The highest BCUT2D eigenvalue weighted by Gasteiger charge is 2.42. The molecule has 1 aliphatic heterocycles. The fraction of sp³-hybridized carbons (Fsp3) is 0.786. The fourth-order valence-corrected chi connectivity index (χ4v) is 3.34. The van der Waals surface area contributed by atoms with Crippen LogP contribution in [0.2, 0.25) is 0 Å². The molecule has 4 nitrogen and oxygen atoms in total. The maximum atomic E-state index is 4.46. The van der Waals surface area contributed by atoms with Crippen LogP contribution in [0, 0.1) is 5.92 Å². The molecule has 1 saturated heterocycles. The van der Waals surface area contributed by atoms with Crippen molar-refractivity contribution in [1.82, 2.24) is 20.0 Å². The van der Waals surface area contributed by atoms with Gasteiger partial charge in [0.25, 0.3) is 0 Å². The second-order valence-electron chi connectivity index (χ2n) is 5.65. The highest BCUT2D eigenvalue weighted by Crippen LogP contribution is 2.43. The first-order valence-corrected chi connectivity index (χ1v) is 7.26. The maximum Gasteiger partial charge on any atom is 0.0537 e. The molecule has 4 heteroatoms. The minimum Gasteiger partial charge on any atom is -0.319 e. The van der Waals surface area contributed by atoms with E-state index < -0.39 is 0 Å². The molecular formula is C14H24N4. The van der Waals surface area contributed by atoms with Gasteiger partial charge in [0.15, 0.2) is 0 Å². The van der Waals surface area contributed by atoms with Crippen LogP contribution in [0.4, 0.5) is 0 Å². The molecule has 1 saturated carbocycles. The third kappa shape index (κ3) is 2.19. The molecule has 18 heavy (non-hydrogen) atoms. The number of rotatable bonds is 5. The zero-order chi connectivity index (χ0) is 12.5. The highest BCUT2D eigenvalue weighted by atomic mass is 15.3. The molecule has 0 amide bonds. The standard InChI is InChI=1S/C14H24N4/c1-3-17-10-12(9-16-17)14-11(8-15-2)6-7-18(14)13-4-5-13/h9-11,13-15H,3-8H2,1-2H3. The average molecular weight is 248 g/mol. The van der Waals surface area contributed by atoms with Crippen molar-refractivity contribution >= 4 is 0 Å². The predicted octanol–water partition coefficient (Wildman–Crippen LogP) is 1.65.